The van der Waals surface area contributed by atoms with Gasteiger partial charge in [0.1, 0.15) is 5.75 Å². The fourth-order valence-corrected chi connectivity index (χ4v) is 2.32. The molecule has 1 aromatic carbocycles. The van der Waals surface area contributed by atoms with Crippen LogP contribution in [0.4, 0.5) is 0 Å². The van der Waals surface area contributed by atoms with Crippen LogP contribution in [0.2, 0.25) is 0 Å². The zero-order valence-electron chi connectivity index (χ0n) is 10.3. The first-order valence-electron chi connectivity index (χ1n) is 6.36. The second-order valence-corrected chi connectivity index (χ2v) is 4.83. The average Bonchev–Trinajstić information content (AvgIpc) is 2.40. The van der Waals surface area contributed by atoms with E-state index in [-0.39, 0.29) is 12.7 Å². The highest BCUT2D eigenvalue weighted by molar-refractivity contribution is 5.92. The largest absolute Gasteiger partial charge is 0.490 e. The maximum atomic E-state index is 10.9. The molecule has 4 heteroatoms. The van der Waals surface area contributed by atoms with E-state index < -0.39 is 5.91 Å². The number of hydrogen-bond acceptors (Lipinski definition) is 3. The van der Waals surface area contributed by atoms with Gasteiger partial charge in [0.15, 0.2) is 0 Å². The number of ether oxygens (including phenoxy) is 1. The molecule has 0 saturated heterocycles. The lowest BCUT2D eigenvalue weighted by molar-refractivity contribution is 0.0999. The first-order chi connectivity index (χ1) is 8.69. The number of benzene rings is 1. The van der Waals surface area contributed by atoms with E-state index in [1.807, 2.05) is 0 Å². The van der Waals surface area contributed by atoms with Crippen molar-refractivity contribution in [2.75, 3.05) is 6.61 Å². The lowest BCUT2D eigenvalue weighted by Crippen LogP contribution is -2.25. The summed E-state index contributed by atoms with van der Waals surface area (Å²) in [6, 6.07) is 6.91. The third kappa shape index (κ3) is 3.23. The summed E-state index contributed by atoms with van der Waals surface area (Å²) < 4.78 is 5.85. The topological polar surface area (TPSA) is 72.6 Å². The zero-order valence-corrected chi connectivity index (χ0v) is 10.3. The molecule has 4 nitrogen and oxygen atoms in total. The van der Waals surface area contributed by atoms with E-state index in [1.165, 1.54) is 0 Å². The van der Waals surface area contributed by atoms with E-state index in [2.05, 4.69) is 0 Å². The molecule has 0 atom stereocenters. The number of rotatable bonds is 4. The van der Waals surface area contributed by atoms with Crippen molar-refractivity contribution in [1.82, 2.24) is 0 Å². The van der Waals surface area contributed by atoms with Crippen LogP contribution in [0.1, 0.15) is 36.0 Å². The third-order valence-electron chi connectivity index (χ3n) is 3.49. The Balaban J connectivity index is 1.88. The number of nitrogens with two attached hydrogens (primary N) is 1. The highest BCUT2D eigenvalue weighted by Gasteiger charge is 2.21. The molecule has 0 heterocycles. The first-order valence-corrected chi connectivity index (χ1v) is 6.36. The maximum absolute atomic E-state index is 10.9. The molecule has 3 N–H and O–H groups in total. The Morgan fingerprint density at radius 1 is 1.22 bits per heavy atom. The predicted octanol–water partition coefficient (Wildman–Crippen LogP) is 1.72. The van der Waals surface area contributed by atoms with Crippen LogP contribution in [-0.4, -0.2) is 23.7 Å². The van der Waals surface area contributed by atoms with Gasteiger partial charge in [-0.25, -0.2) is 0 Å². The molecule has 1 amide bonds. The van der Waals surface area contributed by atoms with Gasteiger partial charge in [0.2, 0.25) is 5.91 Å². The molecular formula is C14H19NO3. The molecule has 0 spiro atoms. The van der Waals surface area contributed by atoms with Gasteiger partial charge in [0.05, 0.1) is 6.10 Å². The molecule has 2 rings (SSSR count). The highest BCUT2D eigenvalue weighted by atomic mass is 16.5. The maximum Gasteiger partial charge on any atom is 0.248 e. The van der Waals surface area contributed by atoms with Gasteiger partial charge in [-0.2, -0.15) is 0 Å². The zero-order chi connectivity index (χ0) is 13.0. The van der Waals surface area contributed by atoms with Crippen molar-refractivity contribution in [2.45, 2.75) is 31.8 Å². The van der Waals surface area contributed by atoms with Crippen molar-refractivity contribution in [2.24, 2.45) is 11.7 Å². The van der Waals surface area contributed by atoms with Crippen LogP contribution in [0.25, 0.3) is 0 Å². The van der Waals surface area contributed by atoms with E-state index in [1.54, 1.807) is 24.3 Å². The van der Waals surface area contributed by atoms with E-state index in [0.717, 1.165) is 31.4 Å². The van der Waals surface area contributed by atoms with Crippen molar-refractivity contribution in [3.8, 4) is 5.75 Å². The lowest BCUT2D eigenvalue weighted by atomic mass is 9.88. The van der Waals surface area contributed by atoms with Crippen molar-refractivity contribution in [3.05, 3.63) is 29.8 Å². The lowest BCUT2D eigenvalue weighted by Gasteiger charge is -2.27. The molecule has 0 aliphatic heterocycles. The van der Waals surface area contributed by atoms with Gasteiger partial charge in [0.25, 0.3) is 0 Å². The standard InChI is InChI=1S/C14H19NO3/c15-14(17)11-3-7-13(8-4-11)18-12-5-1-10(9-16)2-6-12/h3-4,7-8,10,12,16H,1-2,5-6,9H2,(H2,15,17). The highest BCUT2D eigenvalue weighted by Crippen LogP contribution is 2.27. The Morgan fingerprint density at radius 2 is 1.83 bits per heavy atom. The van der Waals surface area contributed by atoms with Gasteiger partial charge in [0, 0.05) is 12.2 Å². The van der Waals surface area contributed by atoms with Crippen molar-refractivity contribution >= 4 is 5.91 Å². The Kier molecular flexibility index (Phi) is 4.20. The van der Waals surface area contributed by atoms with Gasteiger partial charge < -0.3 is 15.6 Å². The Bertz CT molecular complexity index is 394. The molecule has 1 saturated carbocycles. The number of amides is 1. The number of carbonyl (C=O) groups excluding carboxylic acids is 1. The monoisotopic (exact) mass is 249 g/mol. The summed E-state index contributed by atoms with van der Waals surface area (Å²) in [5.74, 6) is 0.777. The predicted molar refractivity (Wildman–Crippen MR) is 68.4 cm³/mol. The Hall–Kier alpha value is -1.55. The molecule has 0 bridgehead atoms. The third-order valence-corrected chi connectivity index (χ3v) is 3.49. The van der Waals surface area contributed by atoms with Crippen LogP contribution >= 0.6 is 0 Å². The Labute approximate surface area is 107 Å². The number of hydrogen-bond donors (Lipinski definition) is 2. The summed E-state index contributed by atoms with van der Waals surface area (Å²) in [6.07, 6.45) is 4.19. The number of aliphatic hydroxyl groups is 1. The van der Waals surface area contributed by atoms with E-state index >= 15 is 0 Å². The van der Waals surface area contributed by atoms with Gasteiger partial charge in [-0.3, -0.25) is 4.79 Å². The summed E-state index contributed by atoms with van der Waals surface area (Å²) in [6.45, 7) is 0.278. The van der Waals surface area contributed by atoms with Gasteiger partial charge in [-0.15, -0.1) is 0 Å². The minimum Gasteiger partial charge on any atom is -0.490 e. The first kappa shape index (κ1) is 12.9. The van der Waals surface area contributed by atoms with Crippen LogP contribution in [0.3, 0.4) is 0 Å². The van der Waals surface area contributed by atoms with Crippen molar-refractivity contribution in [1.29, 1.82) is 0 Å². The second-order valence-electron chi connectivity index (χ2n) is 4.83. The summed E-state index contributed by atoms with van der Waals surface area (Å²) in [7, 11) is 0. The summed E-state index contributed by atoms with van der Waals surface area (Å²) in [5, 5.41) is 9.06. The summed E-state index contributed by atoms with van der Waals surface area (Å²) in [4.78, 5) is 10.9. The minimum atomic E-state index is -0.426. The van der Waals surface area contributed by atoms with Gasteiger partial charge in [-0.05, 0) is 55.9 Å². The molecule has 1 aliphatic rings. The molecule has 98 valence electrons. The van der Waals surface area contributed by atoms with Gasteiger partial charge >= 0.3 is 0 Å². The van der Waals surface area contributed by atoms with Crippen molar-refractivity contribution < 1.29 is 14.6 Å². The minimum absolute atomic E-state index is 0.215. The molecular weight excluding hydrogens is 230 g/mol. The van der Waals surface area contributed by atoms with Crippen LogP contribution in [-0.2, 0) is 0 Å². The SMILES string of the molecule is NC(=O)c1ccc(OC2CCC(CO)CC2)cc1. The Morgan fingerprint density at radius 3 is 2.33 bits per heavy atom. The summed E-state index contributed by atoms with van der Waals surface area (Å²) in [5.41, 5.74) is 5.67. The fraction of sp³-hybridized carbons (Fsp3) is 0.500. The van der Waals surface area contributed by atoms with Crippen molar-refractivity contribution in [3.63, 3.8) is 0 Å². The quantitative estimate of drug-likeness (QED) is 0.853. The normalized spacial score (nSPS) is 23.6. The van der Waals surface area contributed by atoms with E-state index in [4.69, 9.17) is 15.6 Å². The molecule has 1 aliphatic carbocycles. The average molecular weight is 249 g/mol. The number of aliphatic hydroxyl groups excluding tert-OH is 1. The van der Waals surface area contributed by atoms with E-state index in [9.17, 15) is 4.79 Å². The smallest absolute Gasteiger partial charge is 0.248 e. The molecule has 18 heavy (non-hydrogen) atoms. The number of carbonyl (C=O) groups is 1. The van der Waals surface area contributed by atoms with Gasteiger partial charge in [-0.1, -0.05) is 0 Å². The van der Waals surface area contributed by atoms with Crippen LogP contribution in [0, 0.1) is 5.92 Å². The fourth-order valence-electron chi connectivity index (χ4n) is 2.32. The molecule has 1 fully saturated rings. The molecule has 0 radical (unpaired) electrons. The van der Waals surface area contributed by atoms with E-state index in [0.29, 0.717) is 11.5 Å². The number of primary amides is 1. The van der Waals surface area contributed by atoms with Crippen LogP contribution in [0.15, 0.2) is 24.3 Å². The molecule has 0 unspecified atom stereocenters. The molecule has 0 aromatic heterocycles. The molecule has 1 aromatic rings. The second kappa shape index (κ2) is 5.87. The van der Waals surface area contributed by atoms with Crippen LogP contribution < -0.4 is 10.5 Å². The van der Waals surface area contributed by atoms with Crippen LogP contribution in [0.5, 0.6) is 5.75 Å². The summed E-state index contributed by atoms with van der Waals surface area (Å²) >= 11 is 0.